The molecule has 0 radical (unpaired) electrons. The molecular formula is C13H24N2O2. The van der Waals surface area contributed by atoms with Gasteiger partial charge in [-0.25, -0.2) is 0 Å². The van der Waals surface area contributed by atoms with E-state index in [9.17, 15) is 4.79 Å². The summed E-state index contributed by atoms with van der Waals surface area (Å²) < 4.78 is 5.63. The number of carbonyl (C=O) groups is 1. The van der Waals surface area contributed by atoms with Gasteiger partial charge in [-0.3, -0.25) is 4.79 Å². The van der Waals surface area contributed by atoms with E-state index >= 15 is 0 Å². The van der Waals surface area contributed by atoms with Crippen LogP contribution in [0.4, 0.5) is 0 Å². The predicted molar refractivity (Wildman–Crippen MR) is 66.9 cm³/mol. The molecule has 98 valence electrons. The van der Waals surface area contributed by atoms with Crippen molar-refractivity contribution in [3.8, 4) is 0 Å². The first-order valence-corrected chi connectivity index (χ1v) is 6.81. The van der Waals surface area contributed by atoms with Crippen LogP contribution in [0.25, 0.3) is 0 Å². The molecule has 1 amide bonds. The van der Waals surface area contributed by atoms with Crippen LogP contribution in [0.1, 0.15) is 45.4 Å². The number of ether oxygens (including phenoxy) is 1. The molecule has 2 aliphatic heterocycles. The molecule has 2 fully saturated rings. The van der Waals surface area contributed by atoms with Gasteiger partial charge >= 0.3 is 0 Å². The quantitative estimate of drug-likeness (QED) is 0.776. The van der Waals surface area contributed by atoms with Crippen molar-refractivity contribution >= 4 is 5.91 Å². The van der Waals surface area contributed by atoms with Crippen LogP contribution in [0.15, 0.2) is 0 Å². The maximum atomic E-state index is 11.9. The van der Waals surface area contributed by atoms with Crippen molar-refractivity contribution < 1.29 is 9.53 Å². The van der Waals surface area contributed by atoms with Gasteiger partial charge in [0.15, 0.2) is 0 Å². The van der Waals surface area contributed by atoms with Crippen LogP contribution < -0.4 is 10.6 Å². The summed E-state index contributed by atoms with van der Waals surface area (Å²) in [6.07, 6.45) is 6.34. The zero-order chi connectivity index (χ0) is 12.1. The highest BCUT2D eigenvalue weighted by atomic mass is 16.5. The Morgan fingerprint density at radius 3 is 3.06 bits per heavy atom. The van der Waals surface area contributed by atoms with Gasteiger partial charge in [-0.15, -0.1) is 0 Å². The molecule has 0 aromatic rings. The maximum absolute atomic E-state index is 11.9. The fraction of sp³-hybridized carbons (Fsp3) is 0.923. The molecule has 2 rings (SSSR count). The summed E-state index contributed by atoms with van der Waals surface area (Å²) in [6.45, 7) is 4.87. The summed E-state index contributed by atoms with van der Waals surface area (Å²) in [5.41, 5.74) is -0.0372. The van der Waals surface area contributed by atoms with Gasteiger partial charge in [0.25, 0.3) is 0 Å². The number of nitrogens with one attached hydrogen (secondary N) is 2. The van der Waals surface area contributed by atoms with Crippen LogP contribution in [0.3, 0.4) is 0 Å². The van der Waals surface area contributed by atoms with Gasteiger partial charge in [-0.2, -0.15) is 0 Å². The Bertz CT molecular complexity index is 256. The number of hydrogen-bond acceptors (Lipinski definition) is 3. The molecule has 0 bridgehead atoms. The molecule has 0 saturated carbocycles. The fourth-order valence-corrected chi connectivity index (χ4v) is 2.65. The minimum Gasteiger partial charge on any atom is -0.378 e. The average molecular weight is 240 g/mol. The van der Waals surface area contributed by atoms with Crippen molar-refractivity contribution in [1.82, 2.24) is 10.6 Å². The fourth-order valence-electron chi connectivity index (χ4n) is 2.65. The van der Waals surface area contributed by atoms with Gasteiger partial charge in [0.05, 0.1) is 11.6 Å². The Labute approximate surface area is 103 Å². The van der Waals surface area contributed by atoms with E-state index < -0.39 is 0 Å². The van der Waals surface area contributed by atoms with Crippen LogP contribution in [0.5, 0.6) is 0 Å². The zero-order valence-corrected chi connectivity index (χ0v) is 10.8. The third-order valence-electron chi connectivity index (χ3n) is 3.78. The Kier molecular flexibility index (Phi) is 4.40. The summed E-state index contributed by atoms with van der Waals surface area (Å²) >= 11 is 0. The highest BCUT2D eigenvalue weighted by Crippen LogP contribution is 2.18. The van der Waals surface area contributed by atoms with Crippen molar-refractivity contribution in [3.63, 3.8) is 0 Å². The second kappa shape index (κ2) is 5.83. The Morgan fingerprint density at radius 2 is 2.41 bits per heavy atom. The second-order valence-corrected chi connectivity index (χ2v) is 5.56. The van der Waals surface area contributed by atoms with E-state index in [1.54, 1.807) is 0 Å². The Hall–Kier alpha value is -0.610. The van der Waals surface area contributed by atoms with Gasteiger partial charge in [-0.05, 0) is 45.6 Å². The summed E-state index contributed by atoms with van der Waals surface area (Å²) in [5, 5.41) is 6.42. The lowest BCUT2D eigenvalue weighted by Gasteiger charge is -2.26. The summed E-state index contributed by atoms with van der Waals surface area (Å²) in [6, 6.07) is 0. The van der Waals surface area contributed by atoms with Gasteiger partial charge in [-0.1, -0.05) is 0 Å². The van der Waals surface area contributed by atoms with E-state index in [2.05, 4.69) is 17.6 Å². The normalized spacial score (nSPS) is 33.6. The largest absolute Gasteiger partial charge is 0.378 e. The average Bonchev–Trinajstić information content (AvgIpc) is 2.74. The lowest BCUT2D eigenvalue weighted by atomic mass is 10.0. The highest BCUT2D eigenvalue weighted by Gasteiger charge is 2.30. The molecule has 4 nitrogen and oxygen atoms in total. The Balaban J connectivity index is 1.66. The van der Waals surface area contributed by atoms with E-state index in [1.807, 2.05) is 0 Å². The third-order valence-corrected chi connectivity index (χ3v) is 3.78. The summed E-state index contributed by atoms with van der Waals surface area (Å²) in [7, 11) is 0. The molecular weight excluding hydrogens is 216 g/mol. The van der Waals surface area contributed by atoms with E-state index in [1.165, 1.54) is 12.8 Å². The number of hydrogen-bond donors (Lipinski definition) is 2. The molecule has 2 heterocycles. The molecule has 2 aliphatic rings. The zero-order valence-electron chi connectivity index (χ0n) is 10.8. The van der Waals surface area contributed by atoms with E-state index in [0.29, 0.717) is 12.5 Å². The number of rotatable bonds is 4. The first-order valence-electron chi connectivity index (χ1n) is 6.81. The monoisotopic (exact) mass is 240 g/mol. The van der Waals surface area contributed by atoms with Gasteiger partial charge in [0.1, 0.15) is 0 Å². The Morgan fingerprint density at radius 1 is 1.53 bits per heavy atom. The highest BCUT2D eigenvalue weighted by molar-refractivity contribution is 5.76. The minimum atomic E-state index is -0.0372. The van der Waals surface area contributed by atoms with Crippen molar-refractivity contribution in [2.45, 2.75) is 57.1 Å². The van der Waals surface area contributed by atoms with Crippen molar-refractivity contribution in [1.29, 1.82) is 0 Å². The molecule has 2 atom stereocenters. The van der Waals surface area contributed by atoms with Crippen molar-refractivity contribution in [2.75, 3.05) is 19.7 Å². The first kappa shape index (κ1) is 12.8. The van der Waals surface area contributed by atoms with Crippen molar-refractivity contribution in [2.24, 2.45) is 0 Å². The third kappa shape index (κ3) is 3.96. The first-order chi connectivity index (χ1) is 8.18. The standard InChI is InChI=1S/C13H24N2O2/c1-13(7-8-14-10-13)15-12(16)6-5-11-4-2-3-9-17-11/h11,14H,2-10H2,1H3,(H,15,16). The van der Waals surface area contributed by atoms with E-state index in [4.69, 9.17) is 4.74 Å². The van der Waals surface area contributed by atoms with Crippen LogP contribution in [0.2, 0.25) is 0 Å². The van der Waals surface area contributed by atoms with Gasteiger partial charge < -0.3 is 15.4 Å². The minimum absolute atomic E-state index is 0.0372. The maximum Gasteiger partial charge on any atom is 0.220 e. The molecule has 2 saturated heterocycles. The molecule has 0 spiro atoms. The molecule has 17 heavy (non-hydrogen) atoms. The smallest absolute Gasteiger partial charge is 0.220 e. The summed E-state index contributed by atoms with van der Waals surface area (Å²) in [5.74, 6) is 0.172. The topological polar surface area (TPSA) is 50.4 Å². The number of amides is 1. The summed E-state index contributed by atoms with van der Waals surface area (Å²) in [4.78, 5) is 11.9. The molecule has 0 aromatic carbocycles. The van der Waals surface area contributed by atoms with Crippen LogP contribution in [-0.2, 0) is 9.53 Å². The van der Waals surface area contributed by atoms with Crippen molar-refractivity contribution in [3.05, 3.63) is 0 Å². The second-order valence-electron chi connectivity index (χ2n) is 5.56. The molecule has 0 aliphatic carbocycles. The van der Waals surface area contributed by atoms with E-state index in [-0.39, 0.29) is 11.4 Å². The molecule has 4 heteroatoms. The molecule has 2 unspecified atom stereocenters. The van der Waals surface area contributed by atoms with Crippen LogP contribution in [-0.4, -0.2) is 37.2 Å². The van der Waals surface area contributed by atoms with Crippen LogP contribution in [0, 0.1) is 0 Å². The number of carbonyl (C=O) groups excluding carboxylic acids is 1. The lowest BCUT2D eigenvalue weighted by molar-refractivity contribution is -0.123. The van der Waals surface area contributed by atoms with Gasteiger partial charge in [0, 0.05) is 19.6 Å². The SMILES string of the molecule is CC1(NC(=O)CCC2CCCCO2)CCNC1. The van der Waals surface area contributed by atoms with E-state index in [0.717, 1.165) is 39.0 Å². The molecule has 2 N–H and O–H groups in total. The predicted octanol–water partition coefficient (Wildman–Crippen LogP) is 1.20. The molecule has 0 aromatic heterocycles. The van der Waals surface area contributed by atoms with Crippen LogP contribution >= 0.6 is 0 Å². The van der Waals surface area contributed by atoms with Gasteiger partial charge in [0.2, 0.25) is 5.91 Å². The lowest BCUT2D eigenvalue weighted by Crippen LogP contribution is -2.47.